The minimum Gasteiger partial charge on any atom is -0.496 e. The summed E-state index contributed by atoms with van der Waals surface area (Å²) in [6.07, 6.45) is 2.30. The molecule has 0 fully saturated rings. The summed E-state index contributed by atoms with van der Waals surface area (Å²) >= 11 is 7.73. The van der Waals surface area contributed by atoms with E-state index in [-0.39, 0.29) is 11.2 Å². The molecule has 0 radical (unpaired) electrons. The Balaban J connectivity index is 2.65. The number of nitrogens with zero attached hydrogens (tertiary/aromatic N) is 1. The molecule has 1 rings (SSSR count). The molecule has 0 saturated heterocycles. The molecule has 0 saturated carbocycles. The summed E-state index contributed by atoms with van der Waals surface area (Å²) < 4.78 is 5.32. The van der Waals surface area contributed by atoms with Gasteiger partial charge >= 0.3 is 0 Å². The molecule has 1 unspecified atom stereocenters. The maximum atomic E-state index is 12.4. The fourth-order valence-electron chi connectivity index (χ4n) is 1.99. The SMILES string of the molecule is CCCCSC(C)C(=O)N(C)Cc1cc(Cl)ccc1OC. The van der Waals surface area contributed by atoms with Gasteiger partial charge in [-0.3, -0.25) is 4.79 Å². The first-order valence-electron chi connectivity index (χ1n) is 7.18. The number of hydrogen-bond acceptors (Lipinski definition) is 3. The number of carbonyl (C=O) groups is 1. The second kappa shape index (κ2) is 9.21. The number of ether oxygens (including phenoxy) is 1. The molecule has 0 aromatic heterocycles. The van der Waals surface area contributed by atoms with E-state index >= 15 is 0 Å². The van der Waals surface area contributed by atoms with E-state index in [4.69, 9.17) is 16.3 Å². The van der Waals surface area contributed by atoms with E-state index in [1.54, 1.807) is 29.8 Å². The number of rotatable bonds is 8. The molecule has 118 valence electrons. The van der Waals surface area contributed by atoms with Gasteiger partial charge in [-0.2, -0.15) is 0 Å². The van der Waals surface area contributed by atoms with Crippen LogP contribution in [0.1, 0.15) is 32.3 Å². The number of thioether (sulfide) groups is 1. The Morgan fingerprint density at radius 1 is 1.48 bits per heavy atom. The molecular formula is C16H24ClNO2S. The molecule has 0 N–H and O–H groups in total. The lowest BCUT2D eigenvalue weighted by Crippen LogP contribution is -2.33. The van der Waals surface area contributed by atoms with Crippen molar-refractivity contribution in [2.45, 2.75) is 38.5 Å². The Kier molecular flexibility index (Phi) is 7.97. The molecule has 0 aliphatic carbocycles. The highest BCUT2D eigenvalue weighted by molar-refractivity contribution is 8.00. The molecule has 1 amide bonds. The molecule has 5 heteroatoms. The predicted molar refractivity (Wildman–Crippen MR) is 91.3 cm³/mol. The van der Waals surface area contributed by atoms with Crippen LogP contribution in [0.15, 0.2) is 18.2 Å². The number of methoxy groups -OCH3 is 1. The zero-order valence-corrected chi connectivity index (χ0v) is 14.8. The minimum atomic E-state index is -0.0215. The van der Waals surface area contributed by atoms with Gasteiger partial charge in [0.25, 0.3) is 0 Å². The molecule has 3 nitrogen and oxygen atoms in total. The highest BCUT2D eigenvalue weighted by Gasteiger charge is 2.19. The molecule has 1 atom stereocenters. The quantitative estimate of drug-likeness (QED) is 0.668. The average molecular weight is 330 g/mol. The third-order valence-corrected chi connectivity index (χ3v) is 4.70. The Morgan fingerprint density at radius 2 is 2.19 bits per heavy atom. The standard InChI is InChI=1S/C16H24ClNO2S/c1-5-6-9-21-12(2)16(19)18(3)11-13-10-14(17)7-8-15(13)20-4/h7-8,10,12H,5-6,9,11H2,1-4H3. The first-order valence-corrected chi connectivity index (χ1v) is 8.61. The lowest BCUT2D eigenvalue weighted by Gasteiger charge is -2.22. The fraction of sp³-hybridized carbons (Fsp3) is 0.562. The van der Waals surface area contributed by atoms with Crippen LogP contribution < -0.4 is 4.74 Å². The molecule has 0 bridgehead atoms. The van der Waals surface area contributed by atoms with E-state index in [0.29, 0.717) is 11.6 Å². The highest BCUT2D eigenvalue weighted by Crippen LogP contribution is 2.24. The topological polar surface area (TPSA) is 29.5 Å². The zero-order chi connectivity index (χ0) is 15.8. The van der Waals surface area contributed by atoms with Crippen LogP contribution in [-0.2, 0) is 11.3 Å². The van der Waals surface area contributed by atoms with Gasteiger partial charge in [0, 0.05) is 24.2 Å². The Hall–Kier alpha value is -0.870. The van der Waals surface area contributed by atoms with Crippen LogP contribution in [0.2, 0.25) is 5.02 Å². The minimum absolute atomic E-state index is 0.0215. The second-order valence-electron chi connectivity index (χ2n) is 5.02. The van der Waals surface area contributed by atoms with E-state index in [1.807, 2.05) is 26.1 Å². The summed E-state index contributed by atoms with van der Waals surface area (Å²) in [5, 5.41) is 0.628. The normalized spacial score (nSPS) is 12.0. The Morgan fingerprint density at radius 3 is 2.81 bits per heavy atom. The van der Waals surface area contributed by atoms with Crippen LogP contribution >= 0.6 is 23.4 Å². The van der Waals surface area contributed by atoms with Crippen LogP contribution in [0.5, 0.6) is 5.75 Å². The van der Waals surface area contributed by atoms with Crippen molar-refractivity contribution >= 4 is 29.3 Å². The van der Waals surface area contributed by atoms with Gasteiger partial charge in [-0.05, 0) is 37.3 Å². The number of carbonyl (C=O) groups excluding carboxylic acids is 1. The lowest BCUT2D eigenvalue weighted by atomic mass is 10.2. The van der Waals surface area contributed by atoms with Crippen molar-refractivity contribution in [1.82, 2.24) is 4.90 Å². The molecule has 0 heterocycles. The molecular weight excluding hydrogens is 306 g/mol. The van der Waals surface area contributed by atoms with Gasteiger partial charge in [-0.25, -0.2) is 0 Å². The average Bonchev–Trinajstić information content (AvgIpc) is 2.46. The number of unbranched alkanes of at least 4 members (excludes halogenated alkanes) is 1. The van der Waals surface area contributed by atoms with E-state index in [1.165, 1.54) is 0 Å². The largest absolute Gasteiger partial charge is 0.496 e. The van der Waals surface area contributed by atoms with Gasteiger partial charge in [0.05, 0.1) is 12.4 Å². The molecule has 21 heavy (non-hydrogen) atoms. The smallest absolute Gasteiger partial charge is 0.235 e. The van der Waals surface area contributed by atoms with Crippen molar-refractivity contribution in [2.75, 3.05) is 19.9 Å². The second-order valence-corrected chi connectivity index (χ2v) is 6.90. The first kappa shape index (κ1) is 18.2. The fourth-order valence-corrected chi connectivity index (χ4v) is 3.32. The molecule has 1 aromatic rings. The molecule has 0 aliphatic heterocycles. The Bertz CT molecular complexity index is 468. The van der Waals surface area contributed by atoms with Crippen LogP contribution in [0.25, 0.3) is 0 Å². The summed E-state index contributed by atoms with van der Waals surface area (Å²) in [5.74, 6) is 1.92. The number of amides is 1. The molecule has 1 aromatic carbocycles. The summed E-state index contributed by atoms with van der Waals surface area (Å²) in [5.41, 5.74) is 0.923. The van der Waals surface area contributed by atoms with Gasteiger partial charge in [0.15, 0.2) is 0 Å². The maximum Gasteiger partial charge on any atom is 0.235 e. The van der Waals surface area contributed by atoms with Crippen LogP contribution in [0, 0.1) is 0 Å². The van der Waals surface area contributed by atoms with Crippen LogP contribution in [0.3, 0.4) is 0 Å². The van der Waals surface area contributed by atoms with Gasteiger partial charge in [-0.1, -0.05) is 24.9 Å². The Labute approximate surface area is 137 Å². The monoisotopic (exact) mass is 329 g/mol. The van der Waals surface area contributed by atoms with Crippen molar-refractivity contribution in [3.8, 4) is 5.75 Å². The predicted octanol–water partition coefficient (Wildman–Crippen LogP) is 4.23. The molecule has 0 spiro atoms. The van der Waals surface area contributed by atoms with E-state index < -0.39 is 0 Å². The van der Waals surface area contributed by atoms with Crippen molar-refractivity contribution in [2.24, 2.45) is 0 Å². The summed E-state index contributed by atoms with van der Waals surface area (Å²) in [6.45, 7) is 4.63. The first-order chi connectivity index (χ1) is 9.99. The van der Waals surface area contributed by atoms with E-state index in [9.17, 15) is 4.79 Å². The summed E-state index contributed by atoms with van der Waals surface area (Å²) in [6, 6.07) is 5.46. The van der Waals surface area contributed by atoms with Crippen molar-refractivity contribution in [3.05, 3.63) is 28.8 Å². The van der Waals surface area contributed by atoms with Crippen molar-refractivity contribution in [3.63, 3.8) is 0 Å². The summed E-state index contributed by atoms with van der Waals surface area (Å²) in [7, 11) is 3.44. The van der Waals surface area contributed by atoms with Gasteiger partial charge in [0.1, 0.15) is 5.75 Å². The number of hydrogen-bond donors (Lipinski definition) is 0. The van der Waals surface area contributed by atoms with Gasteiger partial charge in [-0.15, -0.1) is 11.8 Å². The maximum absolute atomic E-state index is 12.4. The van der Waals surface area contributed by atoms with Crippen molar-refractivity contribution in [1.29, 1.82) is 0 Å². The molecule has 0 aliphatic rings. The van der Waals surface area contributed by atoms with E-state index in [0.717, 1.165) is 29.9 Å². The third kappa shape index (κ3) is 5.79. The summed E-state index contributed by atoms with van der Waals surface area (Å²) in [4.78, 5) is 14.1. The zero-order valence-electron chi connectivity index (χ0n) is 13.2. The van der Waals surface area contributed by atoms with Crippen LogP contribution in [0.4, 0.5) is 0 Å². The highest BCUT2D eigenvalue weighted by atomic mass is 35.5. The number of halogens is 1. The lowest BCUT2D eigenvalue weighted by molar-refractivity contribution is -0.129. The van der Waals surface area contributed by atoms with Crippen LogP contribution in [-0.4, -0.2) is 36.0 Å². The van der Waals surface area contributed by atoms with Gasteiger partial charge < -0.3 is 9.64 Å². The third-order valence-electron chi connectivity index (χ3n) is 3.24. The van der Waals surface area contributed by atoms with E-state index in [2.05, 4.69) is 6.92 Å². The van der Waals surface area contributed by atoms with Gasteiger partial charge in [0.2, 0.25) is 5.91 Å². The van der Waals surface area contributed by atoms with Crippen molar-refractivity contribution < 1.29 is 9.53 Å². The number of benzene rings is 1.